The predicted molar refractivity (Wildman–Crippen MR) is 102 cm³/mol. The SMILES string of the molecule is CNCC(=O)Nc1ccc(C(F)(F)F)cc1-n1cnc(-c2ccc(C(F)(F)F)cc2)c1. The highest BCUT2D eigenvalue weighted by atomic mass is 19.4. The average molecular weight is 442 g/mol. The lowest BCUT2D eigenvalue weighted by atomic mass is 10.1. The van der Waals surface area contributed by atoms with Gasteiger partial charge in [-0.1, -0.05) is 12.1 Å². The molecule has 0 fully saturated rings. The molecular formula is C20H16F6N4O. The first-order chi connectivity index (χ1) is 14.5. The number of hydrogen-bond donors (Lipinski definition) is 2. The van der Waals surface area contributed by atoms with Gasteiger partial charge in [0.05, 0.1) is 41.1 Å². The molecule has 3 aromatic rings. The first kappa shape index (κ1) is 22.3. The lowest BCUT2D eigenvalue weighted by molar-refractivity contribution is -0.138. The van der Waals surface area contributed by atoms with Crippen LogP contribution in [0.5, 0.6) is 0 Å². The van der Waals surface area contributed by atoms with Crippen LogP contribution >= 0.6 is 0 Å². The van der Waals surface area contributed by atoms with Crippen molar-refractivity contribution >= 4 is 11.6 Å². The van der Waals surface area contributed by atoms with Crippen molar-refractivity contribution in [1.82, 2.24) is 14.9 Å². The Morgan fingerprint density at radius 2 is 1.58 bits per heavy atom. The number of nitrogens with zero attached hydrogens (tertiary/aromatic N) is 2. The molecule has 0 radical (unpaired) electrons. The number of rotatable bonds is 5. The third kappa shape index (κ3) is 5.23. The fourth-order valence-electron chi connectivity index (χ4n) is 2.82. The van der Waals surface area contributed by atoms with E-state index in [-0.39, 0.29) is 23.6 Å². The van der Waals surface area contributed by atoms with E-state index in [1.807, 2.05) is 0 Å². The molecule has 1 heterocycles. The number of anilines is 1. The van der Waals surface area contributed by atoms with E-state index in [0.717, 1.165) is 30.3 Å². The molecular weight excluding hydrogens is 426 g/mol. The smallest absolute Gasteiger partial charge is 0.323 e. The number of imidazole rings is 1. The van der Waals surface area contributed by atoms with E-state index in [1.54, 1.807) is 7.05 Å². The van der Waals surface area contributed by atoms with Crippen LogP contribution in [-0.4, -0.2) is 29.1 Å². The van der Waals surface area contributed by atoms with Gasteiger partial charge in [0.15, 0.2) is 0 Å². The van der Waals surface area contributed by atoms with Crippen LogP contribution in [0.3, 0.4) is 0 Å². The van der Waals surface area contributed by atoms with Gasteiger partial charge in [-0.05, 0) is 37.4 Å². The van der Waals surface area contributed by atoms with Gasteiger partial charge in [-0.3, -0.25) is 4.79 Å². The highest BCUT2D eigenvalue weighted by molar-refractivity contribution is 5.94. The second-order valence-electron chi connectivity index (χ2n) is 6.55. The molecule has 1 amide bonds. The fourth-order valence-corrected chi connectivity index (χ4v) is 2.82. The van der Waals surface area contributed by atoms with E-state index in [4.69, 9.17) is 0 Å². The monoisotopic (exact) mass is 442 g/mol. The Balaban J connectivity index is 1.99. The number of alkyl halides is 6. The molecule has 11 heteroatoms. The minimum absolute atomic E-state index is 0.00457. The molecule has 0 bridgehead atoms. The number of aromatic nitrogens is 2. The van der Waals surface area contributed by atoms with E-state index in [0.29, 0.717) is 5.56 Å². The summed E-state index contributed by atoms with van der Waals surface area (Å²) >= 11 is 0. The van der Waals surface area contributed by atoms with E-state index < -0.39 is 29.4 Å². The van der Waals surface area contributed by atoms with Gasteiger partial charge in [-0.15, -0.1) is 0 Å². The quantitative estimate of drug-likeness (QED) is 0.562. The molecule has 0 spiro atoms. The fraction of sp³-hybridized carbons (Fsp3) is 0.200. The summed E-state index contributed by atoms with van der Waals surface area (Å²) < 4.78 is 79.0. The zero-order valence-corrected chi connectivity index (χ0v) is 16.0. The summed E-state index contributed by atoms with van der Waals surface area (Å²) in [4.78, 5) is 16.0. The van der Waals surface area contributed by atoms with Crippen molar-refractivity contribution in [2.75, 3.05) is 18.9 Å². The molecule has 3 rings (SSSR count). The third-order valence-electron chi connectivity index (χ3n) is 4.31. The van der Waals surface area contributed by atoms with Crippen LogP contribution in [0.15, 0.2) is 55.0 Å². The Labute approximate surface area is 172 Å². The third-order valence-corrected chi connectivity index (χ3v) is 4.31. The number of carbonyl (C=O) groups excluding carboxylic acids is 1. The summed E-state index contributed by atoms with van der Waals surface area (Å²) in [5.41, 5.74) is -1.05. The molecule has 2 aromatic carbocycles. The zero-order chi connectivity index (χ0) is 22.8. The number of halogens is 6. The minimum Gasteiger partial charge on any atom is -0.323 e. The number of amides is 1. The first-order valence-corrected chi connectivity index (χ1v) is 8.87. The molecule has 31 heavy (non-hydrogen) atoms. The van der Waals surface area contributed by atoms with Gasteiger partial charge in [-0.25, -0.2) is 4.98 Å². The summed E-state index contributed by atoms with van der Waals surface area (Å²) in [6, 6.07) is 7.04. The number of carbonyl (C=O) groups is 1. The summed E-state index contributed by atoms with van der Waals surface area (Å²) in [5, 5.41) is 5.15. The van der Waals surface area contributed by atoms with Crippen LogP contribution in [0, 0.1) is 0 Å². The van der Waals surface area contributed by atoms with Crippen LogP contribution in [0.2, 0.25) is 0 Å². The van der Waals surface area contributed by atoms with Gasteiger partial charge in [0.2, 0.25) is 5.91 Å². The topological polar surface area (TPSA) is 59.0 Å². The lowest BCUT2D eigenvalue weighted by Gasteiger charge is -2.15. The maximum Gasteiger partial charge on any atom is 0.416 e. The van der Waals surface area contributed by atoms with Crippen molar-refractivity contribution in [3.8, 4) is 16.9 Å². The highest BCUT2D eigenvalue weighted by Crippen LogP contribution is 2.34. The number of hydrogen-bond acceptors (Lipinski definition) is 3. The molecule has 2 N–H and O–H groups in total. The van der Waals surface area contributed by atoms with Crippen molar-refractivity contribution in [3.05, 3.63) is 66.1 Å². The minimum atomic E-state index is -4.61. The van der Waals surface area contributed by atoms with Crippen LogP contribution < -0.4 is 10.6 Å². The van der Waals surface area contributed by atoms with E-state index in [9.17, 15) is 31.1 Å². The second-order valence-corrected chi connectivity index (χ2v) is 6.55. The largest absolute Gasteiger partial charge is 0.416 e. The normalized spacial score (nSPS) is 12.1. The highest BCUT2D eigenvalue weighted by Gasteiger charge is 2.32. The van der Waals surface area contributed by atoms with Crippen molar-refractivity contribution in [2.24, 2.45) is 0 Å². The van der Waals surface area contributed by atoms with Gasteiger partial charge >= 0.3 is 12.4 Å². The first-order valence-electron chi connectivity index (χ1n) is 8.87. The Morgan fingerprint density at radius 1 is 0.968 bits per heavy atom. The van der Waals surface area contributed by atoms with E-state index in [2.05, 4.69) is 15.6 Å². The maximum absolute atomic E-state index is 13.2. The van der Waals surface area contributed by atoms with Gasteiger partial charge in [0, 0.05) is 11.8 Å². The Morgan fingerprint density at radius 3 is 2.16 bits per heavy atom. The standard InChI is InChI=1S/C20H16F6N4O/c1-27-9-18(31)29-15-7-6-14(20(24,25)26)8-17(15)30-10-16(28-11-30)12-2-4-13(5-3-12)19(21,22)23/h2-8,10-11,27H,9H2,1H3,(H,29,31). The summed E-state index contributed by atoms with van der Waals surface area (Å²) in [7, 11) is 1.54. The van der Waals surface area contributed by atoms with Crippen LogP contribution in [-0.2, 0) is 17.1 Å². The molecule has 0 unspecified atom stereocenters. The van der Waals surface area contributed by atoms with Gasteiger partial charge < -0.3 is 15.2 Å². The maximum atomic E-state index is 13.2. The Bertz CT molecular complexity index is 1070. The van der Waals surface area contributed by atoms with Crippen molar-refractivity contribution in [3.63, 3.8) is 0 Å². The molecule has 0 aliphatic carbocycles. The van der Waals surface area contributed by atoms with Gasteiger partial charge in [0.1, 0.15) is 0 Å². The van der Waals surface area contributed by atoms with E-state index >= 15 is 0 Å². The van der Waals surface area contributed by atoms with Crippen LogP contribution in [0.4, 0.5) is 32.0 Å². The van der Waals surface area contributed by atoms with Crippen molar-refractivity contribution in [1.29, 1.82) is 0 Å². The molecule has 0 atom stereocenters. The lowest BCUT2D eigenvalue weighted by Crippen LogP contribution is -2.25. The molecule has 0 aliphatic heterocycles. The number of benzene rings is 2. The molecule has 5 nitrogen and oxygen atoms in total. The van der Waals surface area contributed by atoms with Gasteiger partial charge in [-0.2, -0.15) is 26.3 Å². The molecule has 1 aromatic heterocycles. The van der Waals surface area contributed by atoms with Gasteiger partial charge in [0.25, 0.3) is 0 Å². The summed E-state index contributed by atoms with van der Waals surface area (Å²) in [6.07, 6.45) is -6.52. The number of likely N-dealkylation sites (N-methyl/N-ethyl adjacent to an activating group) is 1. The Kier molecular flexibility index (Phi) is 6.07. The average Bonchev–Trinajstić information content (AvgIpc) is 3.17. The molecule has 0 aliphatic rings. The van der Waals surface area contributed by atoms with Crippen LogP contribution in [0.25, 0.3) is 16.9 Å². The number of nitrogens with one attached hydrogen (secondary N) is 2. The van der Waals surface area contributed by atoms with Crippen LogP contribution in [0.1, 0.15) is 11.1 Å². The second kappa shape index (κ2) is 8.42. The van der Waals surface area contributed by atoms with Crippen molar-refractivity contribution in [2.45, 2.75) is 12.4 Å². The van der Waals surface area contributed by atoms with E-state index in [1.165, 1.54) is 29.2 Å². The zero-order valence-electron chi connectivity index (χ0n) is 16.0. The molecule has 164 valence electrons. The molecule has 0 saturated carbocycles. The summed E-state index contributed by atoms with van der Waals surface area (Å²) in [5.74, 6) is -0.466. The molecule has 0 saturated heterocycles. The predicted octanol–water partition coefficient (Wildman–Crippen LogP) is 4.73. The Hall–Kier alpha value is -3.34. The summed E-state index contributed by atoms with van der Waals surface area (Å²) in [6.45, 7) is -0.0544. The van der Waals surface area contributed by atoms with Crippen molar-refractivity contribution < 1.29 is 31.1 Å².